The zero-order chi connectivity index (χ0) is 21.1. The molecular formula is C22H16ClN3O3. The third kappa shape index (κ3) is 3.71. The van der Waals surface area contributed by atoms with Crippen molar-refractivity contribution in [3.8, 4) is 17.9 Å². The Balaban J connectivity index is 2.48. The standard InChI is InChI=1S/C22H16ClN3O3/c1-13(27)26-19-9-8-17(23)10-18(19)22(29-14(2)28)21(26)20(16(11-24)12-25)15-6-4-3-5-7-15/h3-10,16,20H,1-2H3. The first kappa shape index (κ1) is 20.1. The number of nitrogens with zero attached hydrogens (tertiary/aromatic N) is 3. The molecule has 1 aromatic heterocycles. The number of fused-ring (bicyclic) bond motifs is 1. The summed E-state index contributed by atoms with van der Waals surface area (Å²) in [6.07, 6.45) is 0. The molecule has 1 atom stereocenters. The minimum atomic E-state index is -1.12. The quantitative estimate of drug-likeness (QED) is 0.587. The van der Waals surface area contributed by atoms with E-state index < -0.39 is 17.8 Å². The van der Waals surface area contributed by atoms with E-state index in [1.165, 1.54) is 18.4 Å². The molecule has 6 nitrogen and oxygen atoms in total. The molecule has 0 spiro atoms. The van der Waals surface area contributed by atoms with Crippen LogP contribution in [0.3, 0.4) is 0 Å². The van der Waals surface area contributed by atoms with Gasteiger partial charge in [0.25, 0.3) is 0 Å². The number of esters is 1. The largest absolute Gasteiger partial charge is 0.424 e. The molecule has 3 rings (SSSR count). The van der Waals surface area contributed by atoms with Crippen molar-refractivity contribution in [3.05, 3.63) is 64.8 Å². The van der Waals surface area contributed by atoms with Gasteiger partial charge in [-0.25, -0.2) is 0 Å². The van der Waals surface area contributed by atoms with Gasteiger partial charge in [0.05, 0.1) is 29.3 Å². The third-order valence-corrected chi connectivity index (χ3v) is 4.78. The Labute approximate surface area is 172 Å². The molecule has 0 radical (unpaired) electrons. The molecule has 0 amide bonds. The van der Waals surface area contributed by atoms with Crippen LogP contribution >= 0.6 is 11.6 Å². The Kier molecular flexibility index (Phi) is 5.68. The van der Waals surface area contributed by atoms with Crippen LogP contribution < -0.4 is 4.74 Å². The van der Waals surface area contributed by atoms with E-state index in [0.29, 0.717) is 21.5 Å². The van der Waals surface area contributed by atoms with Crippen molar-refractivity contribution in [1.29, 1.82) is 10.5 Å². The molecule has 2 aromatic carbocycles. The van der Waals surface area contributed by atoms with E-state index in [0.717, 1.165) is 0 Å². The van der Waals surface area contributed by atoms with Gasteiger partial charge in [-0.3, -0.25) is 14.2 Å². The summed E-state index contributed by atoms with van der Waals surface area (Å²) in [4.78, 5) is 24.5. The van der Waals surface area contributed by atoms with Crippen LogP contribution in [0.5, 0.6) is 5.75 Å². The van der Waals surface area contributed by atoms with Crippen LogP contribution in [-0.2, 0) is 4.79 Å². The Morgan fingerprint density at radius 3 is 2.28 bits per heavy atom. The summed E-state index contributed by atoms with van der Waals surface area (Å²) in [5.41, 5.74) is 1.39. The smallest absolute Gasteiger partial charge is 0.308 e. The number of hydrogen-bond acceptors (Lipinski definition) is 5. The fourth-order valence-corrected chi connectivity index (χ4v) is 3.64. The summed E-state index contributed by atoms with van der Waals surface area (Å²) < 4.78 is 6.87. The highest BCUT2D eigenvalue weighted by atomic mass is 35.5. The van der Waals surface area contributed by atoms with Crippen molar-refractivity contribution in [3.63, 3.8) is 0 Å². The van der Waals surface area contributed by atoms with Gasteiger partial charge in [0.2, 0.25) is 5.91 Å². The van der Waals surface area contributed by atoms with Crippen LogP contribution in [-0.4, -0.2) is 16.4 Å². The van der Waals surface area contributed by atoms with Crippen molar-refractivity contribution < 1.29 is 14.3 Å². The monoisotopic (exact) mass is 405 g/mol. The van der Waals surface area contributed by atoms with Gasteiger partial charge in [0.15, 0.2) is 5.75 Å². The molecule has 0 aliphatic heterocycles. The molecule has 0 saturated heterocycles. The van der Waals surface area contributed by atoms with Gasteiger partial charge in [0, 0.05) is 24.3 Å². The van der Waals surface area contributed by atoms with Gasteiger partial charge in [-0.1, -0.05) is 41.9 Å². The van der Waals surface area contributed by atoms with E-state index in [-0.39, 0.29) is 17.4 Å². The second-order valence-corrected chi connectivity index (χ2v) is 6.88. The van der Waals surface area contributed by atoms with Gasteiger partial charge in [-0.2, -0.15) is 10.5 Å². The summed E-state index contributed by atoms with van der Waals surface area (Å²) in [6, 6.07) is 17.7. The molecule has 1 unspecified atom stereocenters. The molecule has 144 valence electrons. The van der Waals surface area contributed by atoms with Crippen molar-refractivity contribution >= 4 is 34.4 Å². The van der Waals surface area contributed by atoms with E-state index in [1.807, 2.05) is 18.2 Å². The summed E-state index contributed by atoms with van der Waals surface area (Å²) in [6.45, 7) is 2.61. The van der Waals surface area contributed by atoms with Crippen molar-refractivity contribution in [2.75, 3.05) is 0 Å². The van der Waals surface area contributed by atoms with Gasteiger partial charge in [-0.15, -0.1) is 0 Å². The second kappa shape index (κ2) is 8.18. The van der Waals surface area contributed by atoms with Crippen LogP contribution in [0, 0.1) is 28.6 Å². The fourth-order valence-electron chi connectivity index (χ4n) is 3.47. The minimum absolute atomic E-state index is 0.120. The van der Waals surface area contributed by atoms with Gasteiger partial charge in [0.1, 0.15) is 5.92 Å². The lowest BCUT2D eigenvalue weighted by Gasteiger charge is -2.21. The van der Waals surface area contributed by atoms with E-state index >= 15 is 0 Å². The Hall–Kier alpha value is -3.61. The maximum atomic E-state index is 12.6. The molecule has 1 heterocycles. The maximum absolute atomic E-state index is 12.6. The van der Waals surface area contributed by atoms with Crippen LogP contribution in [0.2, 0.25) is 5.02 Å². The summed E-state index contributed by atoms with van der Waals surface area (Å²) in [5.74, 6) is -2.76. The topological polar surface area (TPSA) is 95.9 Å². The average molecular weight is 406 g/mol. The molecule has 0 bridgehead atoms. The number of hydrogen-bond donors (Lipinski definition) is 0. The van der Waals surface area contributed by atoms with Crippen LogP contribution in [0.15, 0.2) is 48.5 Å². The lowest BCUT2D eigenvalue weighted by Crippen LogP contribution is -2.20. The molecule has 7 heteroatoms. The zero-order valence-electron chi connectivity index (χ0n) is 15.7. The van der Waals surface area contributed by atoms with E-state index in [1.54, 1.807) is 42.5 Å². The number of benzene rings is 2. The van der Waals surface area contributed by atoms with Crippen molar-refractivity contribution in [2.24, 2.45) is 5.92 Å². The molecule has 0 N–H and O–H groups in total. The number of aromatic nitrogens is 1. The second-order valence-electron chi connectivity index (χ2n) is 6.45. The first-order valence-electron chi connectivity index (χ1n) is 8.76. The highest BCUT2D eigenvalue weighted by Gasteiger charge is 2.35. The van der Waals surface area contributed by atoms with Gasteiger partial charge >= 0.3 is 5.97 Å². The summed E-state index contributed by atoms with van der Waals surface area (Å²) in [7, 11) is 0. The normalized spacial score (nSPS) is 11.7. The van der Waals surface area contributed by atoms with Crippen molar-refractivity contribution in [2.45, 2.75) is 19.8 Å². The number of halogens is 1. The fraction of sp³-hybridized carbons (Fsp3) is 0.182. The van der Waals surface area contributed by atoms with Gasteiger partial charge in [-0.05, 0) is 23.8 Å². The van der Waals surface area contributed by atoms with E-state index in [2.05, 4.69) is 0 Å². The molecule has 3 aromatic rings. The van der Waals surface area contributed by atoms with Crippen LogP contribution in [0.25, 0.3) is 10.9 Å². The maximum Gasteiger partial charge on any atom is 0.308 e. The molecule has 29 heavy (non-hydrogen) atoms. The number of rotatable bonds is 4. The molecule has 0 fully saturated rings. The van der Waals surface area contributed by atoms with Gasteiger partial charge < -0.3 is 4.74 Å². The molecule has 0 aliphatic rings. The van der Waals surface area contributed by atoms with Crippen LogP contribution in [0.4, 0.5) is 0 Å². The predicted molar refractivity (Wildman–Crippen MR) is 108 cm³/mol. The average Bonchev–Trinajstić information content (AvgIpc) is 2.99. The highest BCUT2D eigenvalue weighted by molar-refractivity contribution is 6.31. The Morgan fingerprint density at radius 1 is 1.07 bits per heavy atom. The number of carbonyl (C=O) groups is 2. The number of nitriles is 2. The molecular weight excluding hydrogens is 390 g/mol. The van der Waals surface area contributed by atoms with Crippen LogP contribution in [0.1, 0.15) is 35.8 Å². The zero-order valence-corrected chi connectivity index (χ0v) is 16.5. The Morgan fingerprint density at radius 2 is 1.72 bits per heavy atom. The lowest BCUT2D eigenvalue weighted by atomic mass is 9.84. The minimum Gasteiger partial charge on any atom is -0.424 e. The van der Waals surface area contributed by atoms with E-state index in [4.69, 9.17) is 16.3 Å². The summed E-state index contributed by atoms with van der Waals surface area (Å²) in [5, 5.41) is 20.1. The van der Waals surface area contributed by atoms with Crippen molar-refractivity contribution in [1.82, 2.24) is 4.57 Å². The first-order valence-corrected chi connectivity index (χ1v) is 9.14. The predicted octanol–water partition coefficient (Wildman–Crippen LogP) is 4.68. The lowest BCUT2D eigenvalue weighted by molar-refractivity contribution is -0.131. The molecule has 0 aliphatic carbocycles. The SMILES string of the molecule is CC(=O)Oc1c(C(c2ccccc2)C(C#N)C#N)n(C(C)=O)c2ccc(Cl)cc12. The van der Waals surface area contributed by atoms with E-state index in [9.17, 15) is 20.1 Å². The highest BCUT2D eigenvalue weighted by Crippen LogP contribution is 2.44. The number of ether oxygens (including phenoxy) is 1. The Bertz CT molecular complexity index is 1170. The molecule has 0 saturated carbocycles. The summed E-state index contributed by atoms with van der Waals surface area (Å²) >= 11 is 6.14. The first-order chi connectivity index (χ1) is 13.9. The number of carbonyl (C=O) groups excluding carboxylic acids is 2. The third-order valence-electron chi connectivity index (χ3n) is 4.54.